The molecule has 0 bridgehead atoms. The molecule has 0 spiro atoms. The van der Waals surface area contributed by atoms with Crippen LogP contribution in [0.3, 0.4) is 0 Å². The first kappa shape index (κ1) is 15.1. The van der Waals surface area contributed by atoms with Crippen LogP contribution < -0.4 is 9.62 Å². The minimum Gasteiger partial charge on any atom is -0.307 e. The number of amides is 1. The highest BCUT2D eigenvalue weighted by atomic mass is 32.2. The number of anilines is 1. The lowest BCUT2D eigenvalue weighted by Crippen LogP contribution is -2.28. The van der Waals surface area contributed by atoms with Gasteiger partial charge < -0.3 is 4.90 Å². The molecule has 1 amide bonds. The van der Waals surface area contributed by atoms with Gasteiger partial charge in [-0.15, -0.1) is 11.3 Å². The Balaban J connectivity index is 1.91. The molecule has 1 aliphatic rings. The van der Waals surface area contributed by atoms with Gasteiger partial charge >= 0.3 is 0 Å². The first-order chi connectivity index (χ1) is 10.4. The van der Waals surface area contributed by atoms with Crippen molar-refractivity contribution in [2.24, 2.45) is 0 Å². The van der Waals surface area contributed by atoms with E-state index in [-0.39, 0.29) is 16.6 Å². The van der Waals surface area contributed by atoms with E-state index >= 15 is 0 Å². The highest BCUT2D eigenvalue weighted by molar-refractivity contribution is 7.89. The fourth-order valence-corrected chi connectivity index (χ4v) is 4.36. The first-order valence-corrected chi connectivity index (χ1v) is 8.91. The van der Waals surface area contributed by atoms with E-state index < -0.39 is 10.0 Å². The van der Waals surface area contributed by atoms with Crippen molar-refractivity contribution in [3.63, 3.8) is 0 Å². The summed E-state index contributed by atoms with van der Waals surface area (Å²) in [5.41, 5.74) is 1.46. The molecular formula is C14H13FN2O3S2. The average molecular weight is 340 g/mol. The van der Waals surface area contributed by atoms with Gasteiger partial charge in [0.15, 0.2) is 0 Å². The molecule has 1 aromatic carbocycles. The van der Waals surface area contributed by atoms with Gasteiger partial charge in [-0.25, -0.2) is 17.5 Å². The number of nitrogens with zero attached hydrogens (tertiary/aromatic N) is 1. The number of carbonyl (C=O) groups excluding carboxylic acids is 1. The molecule has 0 aliphatic carbocycles. The van der Waals surface area contributed by atoms with Crippen LogP contribution in [0.25, 0.3) is 0 Å². The minimum atomic E-state index is -3.56. The number of thiophene rings is 1. The first-order valence-electron chi connectivity index (χ1n) is 6.55. The molecule has 2 heterocycles. The number of nitrogens with one attached hydrogen (secondary N) is 1. The zero-order valence-corrected chi connectivity index (χ0v) is 13.3. The van der Waals surface area contributed by atoms with Crippen LogP contribution in [0.1, 0.15) is 15.2 Å². The fraction of sp³-hybridized carbons (Fsp3) is 0.214. The van der Waals surface area contributed by atoms with Crippen molar-refractivity contribution in [3.8, 4) is 0 Å². The third-order valence-electron chi connectivity index (χ3n) is 3.55. The summed E-state index contributed by atoms with van der Waals surface area (Å²) in [5, 5.41) is 1.43. The molecule has 8 heteroatoms. The van der Waals surface area contributed by atoms with Gasteiger partial charge in [-0.2, -0.15) is 0 Å². The van der Waals surface area contributed by atoms with Crippen LogP contribution in [0, 0.1) is 5.82 Å². The second-order valence-electron chi connectivity index (χ2n) is 4.83. The molecule has 1 N–H and O–H groups in total. The molecule has 116 valence electrons. The molecule has 2 aromatic rings. The Labute approximate surface area is 131 Å². The van der Waals surface area contributed by atoms with Crippen molar-refractivity contribution >= 4 is 33.0 Å². The topological polar surface area (TPSA) is 66.5 Å². The Morgan fingerprint density at radius 2 is 2.14 bits per heavy atom. The minimum absolute atomic E-state index is 0.0712. The number of hydrogen-bond donors (Lipinski definition) is 1. The Kier molecular flexibility index (Phi) is 3.75. The third-order valence-corrected chi connectivity index (χ3v) is 6.01. The number of hydrogen-bond acceptors (Lipinski definition) is 4. The Hall–Kier alpha value is -1.77. The maximum absolute atomic E-state index is 13.2. The largest absolute Gasteiger partial charge is 0.307 e. The van der Waals surface area contributed by atoms with E-state index in [0.717, 1.165) is 16.9 Å². The van der Waals surface area contributed by atoms with Crippen LogP contribution in [0.5, 0.6) is 0 Å². The summed E-state index contributed by atoms with van der Waals surface area (Å²) in [7, 11) is -2.24. The van der Waals surface area contributed by atoms with Crippen molar-refractivity contribution in [2.45, 2.75) is 11.3 Å². The Morgan fingerprint density at radius 1 is 1.36 bits per heavy atom. The SMILES string of the molecule is CNS(=O)(=O)c1csc(C(=O)N2CCc3cc(F)ccc32)c1. The maximum Gasteiger partial charge on any atom is 0.268 e. The van der Waals surface area contributed by atoms with E-state index in [1.807, 2.05) is 0 Å². The van der Waals surface area contributed by atoms with Crippen LogP contribution in [0.4, 0.5) is 10.1 Å². The van der Waals surface area contributed by atoms with E-state index in [1.54, 1.807) is 11.0 Å². The standard InChI is InChI=1S/C14H13FN2O3S2/c1-16-22(19,20)11-7-13(21-8-11)14(18)17-5-4-9-6-10(15)2-3-12(9)17/h2-3,6-8,16H,4-5H2,1H3. The molecule has 5 nitrogen and oxygen atoms in total. The van der Waals surface area contributed by atoms with E-state index in [4.69, 9.17) is 0 Å². The summed E-state index contributed by atoms with van der Waals surface area (Å²) in [5.74, 6) is -0.598. The van der Waals surface area contributed by atoms with Crippen LogP contribution in [0.15, 0.2) is 34.5 Å². The second kappa shape index (κ2) is 5.45. The van der Waals surface area contributed by atoms with Crippen molar-refractivity contribution in [3.05, 3.63) is 45.9 Å². The number of rotatable bonds is 3. The predicted molar refractivity (Wildman–Crippen MR) is 82.3 cm³/mol. The lowest BCUT2D eigenvalue weighted by Gasteiger charge is -2.16. The normalized spacial score (nSPS) is 14.2. The van der Waals surface area contributed by atoms with Gasteiger partial charge in [0.25, 0.3) is 5.91 Å². The van der Waals surface area contributed by atoms with Crippen molar-refractivity contribution < 1.29 is 17.6 Å². The fourth-order valence-electron chi connectivity index (χ4n) is 2.40. The lowest BCUT2D eigenvalue weighted by molar-refractivity contribution is 0.0993. The number of benzene rings is 1. The number of sulfonamides is 1. The summed E-state index contributed by atoms with van der Waals surface area (Å²) in [6.07, 6.45) is 0.589. The van der Waals surface area contributed by atoms with Crippen molar-refractivity contribution in [1.82, 2.24) is 4.72 Å². The van der Waals surface area contributed by atoms with Gasteiger partial charge in [-0.05, 0) is 43.3 Å². The van der Waals surface area contributed by atoms with E-state index in [1.165, 1.54) is 30.6 Å². The van der Waals surface area contributed by atoms with Gasteiger partial charge in [-0.1, -0.05) is 0 Å². The Bertz CT molecular complexity index is 846. The average Bonchev–Trinajstić information content (AvgIpc) is 3.13. The lowest BCUT2D eigenvalue weighted by atomic mass is 10.1. The molecule has 3 rings (SSSR count). The maximum atomic E-state index is 13.2. The molecule has 0 saturated carbocycles. The number of fused-ring (bicyclic) bond motifs is 1. The van der Waals surface area contributed by atoms with E-state index in [0.29, 0.717) is 23.5 Å². The van der Waals surface area contributed by atoms with Crippen LogP contribution >= 0.6 is 11.3 Å². The van der Waals surface area contributed by atoms with Gasteiger partial charge in [0.1, 0.15) is 5.82 Å². The summed E-state index contributed by atoms with van der Waals surface area (Å²) < 4.78 is 38.9. The number of halogens is 1. The zero-order chi connectivity index (χ0) is 15.9. The highest BCUT2D eigenvalue weighted by Crippen LogP contribution is 2.31. The van der Waals surface area contributed by atoms with E-state index in [9.17, 15) is 17.6 Å². The Morgan fingerprint density at radius 3 is 2.86 bits per heavy atom. The van der Waals surface area contributed by atoms with E-state index in [2.05, 4.69) is 4.72 Å². The predicted octanol–water partition coefficient (Wildman–Crippen LogP) is 2.00. The van der Waals surface area contributed by atoms with Gasteiger partial charge in [0.2, 0.25) is 10.0 Å². The smallest absolute Gasteiger partial charge is 0.268 e. The molecule has 0 atom stereocenters. The molecule has 0 unspecified atom stereocenters. The summed E-state index contributed by atoms with van der Waals surface area (Å²) in [4.78, 5) is 14.5. The molecule has 22 heavy (non-hydrogen) atoms. The van der Waals surface area contributed by atoms with Crippen LogP contribution in [0.2, 0.25) is 0 Å². The highest BCUT2D eigenvalue weighted by Gasteiger charge is 2.27. The number of carbonyl (C=O) groups is 1. The van der Waals surface area contributed by atoms with Crippen LogP contribution in [-0.4, -0.2) is 27.9 Å². The van der Waals surface area contributed by atoms with Crippen LogP contribution in [-0.2, 0) is 16.4 Å². The molecule has 0 radical (unpaired) electrons. The summed E-state index contributed by atoms with van der Waals surface area (Å²) >= 11 is 1.08. The molecule has 1 aliphatic heterocycles. The van der Waals surface area contributed by atoms with Gasteiger partial charge in [-0.3, -0.25) is 4.79 Å². The van der Waals surface area contributed by atoms with Crippen molar-refractivity contribution in [1.29, 1.82) is 0 Å². The van der Waals surface area contributed by atoms with Crippen molar-refractivity contribution in [2.75, 3.05) is 18.5 Å². The molecule has 0 fully saturated rings. The molecule has 1 aromatic heterocycles. The summed E-state index contributed by atoms with van der Waals surface area (Å²) in [6, 6.07) is 5.68. The van der Waals surface area contributed by atoms with Gasteiger partial charge in [0, 0.05) is 17.6 Å². The third kappa shape index (κ3) is 2.53. The van der Waals surface area contributed by atoms with Gasteiger partial charge in [0.05, 0.1) is 9.77 Å². The monoisotopic (exact) mass is 340 g/mol. The quantitative estimate of drug-likeness (QED) is 0.929. The molecule has 0 saturated heterocycles. The summed E-state index contributed by atoms with van der Waals surface area (Å²) in [6.45, 7) is 0.462. The zero-order valence-electron chi connectivity index (χ0n) is 11.7. The molecular weight excluding hydrogens is 327 g/mol. The second-order valence-corrected chi connectivity index (χ2v) is 7.63.